The number of rotatable bonds is 29. The van der Waals surface area contributed by atoms with Gasteiger partial charge in [-0.2, -0.15) is 0 Å². The molecule has 4 saturated carbocycles. The third-order valence-electron chi connectivity index (χ3n) is 32.9. The minimum Gasteiger partial charge on any atom is -0.452 e. The van der Waals surface area contributed by atoms with Crippen LogP contribution in [0.25, 0.3) is 0 Å². The number of carbonyl (C=O) groups is 3. The summed E-state index contributed by atoms with van der Waals surface area (Å²) >= 11 is 0. The Hall–Kier alpha value is -4.11. The molecular weight excluding hydrogens is 1800 g/mol. The van der Waals surface area contributed by atoms with Crippen molar-refractivity contribution < 1.29 is 212 Å². The second-order valence-electron chi connectivity index (χ2n) is 42.7. The molecule has 13 fully saturated rings. The van der Waals surface area contributed by atoms with E-state index >= 15 is 4.79 Å². The summed E-state index contributed by atoms with van der Waals surface area (Å²) in [6.45, 7) is 24.1. The lowest BCUT2D eigenvalue weighted by atomic mass is 9.33. The molecule has 2 unspecified atom stereocenters. The van der Waals surface area contributed by atoms with Gasteiger partial charge in [0.15, 0.2) is 62.3 Å². The lowest BCUT2D eigenvalue weighted by molar-refractivity contribution is -0.381. The summed E-state index contributed by atoms with van der Waals surface area (Å²) in [5, 5.41) is 237. The number of ether oxygens (including phenoxy) is 19. The van der Waals surface area contributed by atoms with Gasteiger partial charge in [0.1, 0.15) is 152 Å². The summed E-state index contributed by atoms with van der Waals surface area (Å²) in [5.74, 6) is -5.53. The molecule has 0 radical (unpaired) electrons. The zero-order valence-electron chi connectivity index (χ0n) is 78.6. The van der Waals surface area contributed by atoms with E-state index in [0.717, 1.165) is 11.6 Å². The maximum Gasteiger partial charge on any atom is 0.330 e. The molecule has 5 aliphatic carbocycles. The summed E-state index contributed by atoms with van der Waals surface area (Å²) in [4.78, 5) is 45.0. The second kappa shape index (κ2) is 42.2. The number of carbonyl (C=O) groups excluding carboxylic acids is 3. The zero-order valence-corrected chi connectivity index (χ0v) is 78.6. The van der Waals surface area contributed by atoms with Gasteiger partial charge >= 0.3 is 17.9 Å². The lowest BCUT2D eigenvalue weighted by Gasteiger charge is -2.71. The SMILES string of the molecule is C=C[C@](C)(O)CC/C=C\C(=O)O[C@@H]1[C@@H](O)[C@H](C)O[C@@H](OC[C@@H]2O[C@H](OC(=O)[C@]34CCC(C)(C)C[C@H]3C3=CCC5[C@@]6(C)CC[C@H](O[C@@H]7O[C@H](CO[C@H]8OC[C@@H](O)[C@@H](O)[C@@H]8O[C@H]8OC[C@H](O)[C@@H](O)[C@@H]8O)[C@@H](O)[C@H](O)[C@H]7O)C(C)(C)C6CC[C@@]5(C)[C@]3(C)C[C@H]4O)[C@@H](O[C@@H]3O[C@@H](C)[C@H](O[C@@H]4OC[C@@H](O)[C@H](O[C@@H]5OC[C@@H](O)[C@H](O)[C@H]5O)[C@H]4O)[C@@H](O)[C@H]3O)[C@H](O)[C@H]2O)[C@@H]1OC(=O)[C@@H](CO)[C@@H]1CC[C@@](C)(C=C)O1. The number of hydrogen-bond acceptors (Lipinski definition) is 43. The lowest BCUT2D eigenvalue weighted by Crippen LogP contribution is -2.69. The summed E-state index contributed by atoms with van der Waals surface area (Å²) < 4.78 is 115. The molecule has 0 aromatic carbocycles. The van der Waals surface area contributed by atoms with Crippen molar-refractivity contribution in [2.45, 2.75) is 410 Å². The zero-order chi connectivity index (χ0) is 99.2. The predicted molar refractivity (Wildman–Crippen MR) is 458 cm³/mol. The summed E-state index contributed by atoms with van der Waals surface area (Å²) in [6, 6.07) is 0. The summed E-state index contributed by atoms with van der Waals surface area (Å²) in [5.41, 5.74) is -6.20. The van der Waals surface area contributed by atoms with Crippen LogP contribution in [0.15, 0.2) is 49.1 Å². The molecular formula is C93H146O43. The van der Waals surface area contributed by atoms with E-state index in [1.54, 1.807) is 13.0 Å². The van der Waals surface area contributed by atoms with Gasteiger partial charge in [-0.3, -0.25) is 9.59 Å². The van der Waals surface area contributed by atoms with Crippen LogP contribution in [0.1, 0.15) is 160 Å². The number of aliphatic hydroxyl groups is 21. The number of hydrogen-bond donors (Lipinski definition) is 21. The van der Waals surface area contributed by atoms with Crippen LogP contribution in [0, 0.1) is 56.2 Å². The molecule has 14 aliphatic rings. The molecule has 43 nitrogen and oxygen atoms in total. The quantitative estimate of drug-likeness (QED) is 0.0111. The molecule has 49 atom stereocenters. The Morgan fingerprint density at radius 2 is 1.04 bits per heavy atom. The predicted octanol–water partition coefficient (Wildman–Crippen LogP) is -4.05. The van der Waals surface area contributed by atoms with Crippen molar-refractivity contribution >= 4 is 17.9 Å². The van der Waals surface area contributed by atoms with Gasteiger partial charge in [0, 0.05) is 6.08 Å². The highest BCUT2D eigenvalue weighted by Crippen LogP contribution is 2.76. The summed E-state index contributed by atoms with van der Waals surface area (Å²) in [7, 11) is 0. The third-order valence-corrected chi connectivity index (χ3v) is 32.9. The van der Waals surface area contributed by atoms with Gasteiger partial charge in [-0.15, -0.1) is 13.2 Å². The molecule has 14 rings (SSSR count). The molecule has 0 amide bonds. The number of allylic oxidation sites excluding steroid dienone is 3. The van der Waals surface area contributed by atoms with Crippen LogP contribution in [0.4, 0.5) is 0 Å². The molecule has 9 aliphatic heterocycles. The first kappa shape index (κ1) is 108. The van der Waals surface area contributed by atoms with Gasteiger partial charge in [0.25, 0.3) is 0 Å². The Morgan fingerprint density at radius 1 is 0.500 bits per heavy atom. The number of aliphatic hydroxyl groups excluding tert-OH is 20. The van der Waals surface area contributed by atoms with Gasteiger partial charge < -0.3 is 197 Å². The Bertz CT molecular complexity index is 4120. The van der Waals surface area contributed by atoms with Crippen molar-refractivity contribution in [1.82, 2.24) is 0 Å². The summed E-state index contributed by atoms with van der Waals surface area (Å²) in [6.07, 6.45) is -54.8. The molecule has 0 bridgehead atoms. The van der Waals surface area contributed by atoms with Crippen LogP contribution < -0.4 is 0 Å². The van der Waals surface area contributed by atoms with E-state index in [0.29, 0.717) is 51.4 Å². The van der Waals surface area contributed by atoms with E-state index in [-0.39, 0.29) is 43.9 Å². The fraction of sp³-hybridized carbons (Fsp3) is 0.882. The van der Waals surface area contributed by atoms with E-state index in [1.807, 2.05) is 0 Å². The van der Waals surface area contributed by atoms with Gasteiger partial charge in [0.05, 0.1) is 88.0 Å². The van der Waals surface area contributed by atoms with Crippen LogP contribution in [-0.2, 0) is 104 Å². The molecule has 136 heavy (non-hydrogen) atoms. The van der Waals surface area contributed by atoms with Crippen LogP contribution in [0.5, 0.6) is 0 Å². The topological polar surface area (TPSA) is 651 Å². The van der Waals surface area contributed by atoms with Gasteiger partial charge in [-0.1, -0.05) is 78.3 Å². The minimum absolute atomic E-state index is 0.0154. The van der Waals surface area contributed by atoms with Gasteiger partial charge in [0.2, 0.25) is 6.29 Å². The maximum atomic E-state index is 16.6. The van der Waals surface area contributed by atoms with Crippen LogP contribution in [-0.4, -0.2) is 422 Å². The van der Waals surface area contributed by atoms with Gasteiger partial charge in [-0.25, -0.2) is 4.79 Å². The fourth-order valence-electron chi connectivity index (χ4n) is 24.1. The smallest absolute Gasteiger partial charge is 0.330 e. The fourth-order valence-corrected chi connectivity index (χ4v) is 24.1. The minimum atomic E-state index is -2.27. The highest BCUT2D eigenvalue weighted by atomic mass is 16.8. The molecule has 43 heteroatoms. The Morgan fingerprint density at radius 3 is 1.66 bits per heavy atom. The first-order valence-electron chi connectivity index (χ1n) is 47.6. The molecule has 776 valence electrons. The highest BCUT2D eigenvalue weighted by molar-refractivity contribution is 5.82. The van der Waals surface area contributed by atoms with Crippen molar-refractivity contribution in [3.05, 3.63) is 49.1 Å². The average Bonchev–Trinajstić information content (AvgIpc) is 0.712. The van der Waals surface area contributed by atoms with E-state index in [9.17, 15) is 117 Å². The standard InChI is InChI=1S/C93H146O43/c1-14-88(9,117)24-17-16-18-55(100)129-72-56(101)39(3)124-83(75(72)130-76(115)41(32-94)48-21-25-89(10,15-2)136-48)123-38-50-61(106)63(108)74(134-80-68(113)64(109)70(40(4)125-80)131-79-69(114)71(47(98)36-120-79)132-77-65(110)57(102)44(95)33-118-77)84(127-50)135-85(116)93-29-28-86(5,6)30-43(93)42-19-20-52-90(11)26-23-54(87(7,8)51(90)22-27-91(52,12)92(42,13)31-53(93)99)128-81-67(112)62(107)60(105)49(126-81)37-122-82-73(59(104)46(97)35-121-82)133-78-66(111)58(103)45(96)34-119-78/h14-16,18-19,39-41,43-54,56-75,77-84,94-99,101-114,117H,1-2,17,20-38H2,3-13H3/b18-16-/t39-,40-,41-,43-,44+,45-,46+,47+,48-,49+,50-,51?,52?,53+,54-,56-,57-,58+,59+,60+,61-,62-,63+,64-,65+,66-,67+,68+,69+,70-,71-,72+,73-,74-,75+,77-,78+,79-,80-,81-,82+,83+,84+,88-,89+,90-,91+,92+,93+/m0/s1. The van der Waals surface area contributed by atoms with E-state index in [1.165, 1.54) is 32.9 Å². The molecule has 21 N–H and O–H groups in total. The van der Waals surface area contributed by atoms with Crippen molar-refractivity contribution in [3.63, 3.8) is 0 Å². The highest BCUT2D eigenvalue weighted by Gasteiger charge is 2.73. The molecule has 9 saturated heterocycles. The maximum absolute atomic E-state index is 16.6. The van der Waals surface area contributed by atoms with Crippen molar-refractivity contribution in [2.24, 2.45) is 56.2 Å². The van der Waals surface area contributed by atoms with Crippen LogP contribution in [0.3, 0.4) is 0 Å². The average molecular weight is 1950 g/mol. The Balaban J connectivity index is 0.723. The number of esters is 3. The van der Waals surface area contributed by atoms with Crippen molar-refractivity contribution in [2.75, 3.05) is 46.2 Å². The third kappa shape index (κ3) is 20.8. The molecule has 0 aromatic rings. The molecule has 9 heterocycles. The Labute approximate surface area is 788 Å². The monoisotopic (exact) mass is 1950 g/mol. The van der Waals surface area contributed by atoms with E-state index in [2.05, 4.69) is 67.7 Å². The largest absolute Gasteiger partial charge is 0.452 e. The molecule has 0 aromatic heterocycles. The second-order valence-corrected chi connectivity index (χ2v) is 42.7. The molecule has 0 spiro atoms. The van der Waals surface area contributed by atoms with Gasteiger partial charge in [-0.05, 0) is 156 Å². The van der Waals surface area contributed by atoms with Crippen molar-refractivity contribution in [3.8, 4) is 0 Å². The normalized spacial score (nSPS) is 50.3. The van der Waals surface area contributed by atoms with Crippen molar-refractivity contribution in [1.29, 1.82) is 0 Å². The number of fused-ring (bicyclic) bond motifs is 7. The van der Waals surface area contributed by atoms with E-state index < -0.39 is 359 Å². The first-order chi connectivity index (χ1) is 63.8. The van der Waals surface area contributed by atoms with Crippen LogP contribution in [0.2, 0.25) is 0 Å². The van der Waals surface area contributed by atoms with Crippen LogP contribution >= 0.6 is 0 Å². The first-order valence-corrected chi connectivity index (χ1v) is 47.6. The Kier molecular flexibility index (Phi) is 33.4. The van der Waals surface area contributed by atoms with E-state index in [4.69, 9.17) is 90.0 Å².